The first-order valence-electron chi connectivity index (χ1n) is 7.86. The lowest BCUT2D eigenvalue weighted by molar-refractivity contribution is 0.0724. The molecule has 0 unspecified atom stereocenters. The lowest BCUT2D eigenvalue weighted by Gasteiger charge is -2.29. The molecule has 1 aromatic heterocycles. The van der Waals surface area contributed by atoms with Crippen molar-refractivity contribution in [1.82, 2.24) is 9.88 Å². The molecular formula is C15H20ClN3O3S. The molecule has 0 atom stereocenters. The highest BCUT2D eigenvalue weighted by molar-refractivity contribution is 7.91. The van der Waals surface area contributed by atoms with Crippen molar-refractivity contribution in [1.29, 1.82) is 0 Å². The maximum Gasteiger partial charge on any atom is 0.255 e. The van der Waals surface area contributed by atoms with Gasteiger partial charge in [0.2, 0.25) is 0 Å². The second-order valence-corrected chi connectivity index (χ2v) is 8.73. The molecule has 3 rings (SSSR count). The maximum absolute atomic E-state index is 12.5. The van der Waals surface area contributed by atoms with Gasteiger partial charge in [-0.15, -0.1) is 0 Å². The van der Waals surface area contributed by atoms with E-state index in [-0.39, 0.29) is 17.4 Å². The third-order valence-corrected chi connectivity index (χ3v) is 6.24. The molecule has 6 nitrogen and oxygen atoms in total. The largest absolute Gasteiger partial charge is 0.353 e. The Morgan fingerprint density at radius 1 is 1.09 bits per heavy atom. The van der Waals surface area contributed by atoms with E-state index in [9.17, 15) is 13.2 Å². The van der Waals surface area contributed by atoms with Crippen LogP contribution in [0.1, 0.15) is 29.6 Å². The number of piperidine rings is 1. The van der Waals surface area contributed by atoms with Crippen LogP contribution in [0, 0.1) is 0 Å². The minimum Gasteiger partial charge on any atom is -0.353 e. The molecule has 0 N–H and O–H groups in total. The Morgan fingerprint density at radius 2 is 1.74 bits per heavy atom. The summed E-state index contributed by atoms with van der Waals surface area (Å²) in [7, 11) is -2.95. The number of carbonyl (C=O) groups is 1. The van der Waals surface area contributed by atoms with Crippen LogP contribution in [0.15, 0.2) is 12.3 Å². The number of aromatic nitrogens is 1. The Bertz CT molecular complexity index is 688. The van der Waals surface area contributed by atoms with Crippen molar-refractivity contribution in [3.63, 3.8) is 0 Å². The van der Waals surface area contributed by atoms with Gasteiger partial charge in [0.05, 0.1) is 22.1 Å². The van der Waals surface area contributed by atoms with Gasteiger partial charge in [-0.2, -0.15) is 0 Å². The predicted octanol–water partition coefficient (Wildman–Crippen LogP) is 1.60. The number of hydrogen-bond acceptors (Lipinski definition) is 5. The van der Waals surface area contributed by atoms with Gasteiger partial charge in [-0.1, -0.05) is 11.6 Å². The van der Waals surface area contributed by atoms with E-state index in [0.29, 0.717) is 29.5 Å². The summed E-state index contributed by atoms with van der Waals surface area (Å²) in [5.41, 5.74) is 0.491. The topological polar surface area (TPSA) is 70.6 Å². The maximum atomic E-state index is 12.5. The smallest absolute Gasteiger partial charge is 0.255 e. The fraction of sp³-hybridized carbons (Fsp3) is 0.600. The van der Waals surface area contributed by atoms with Crippen molar-refractivity contribution in [3.8, 4) is 0 Å². The lowest BCUT2D eigenvalue weighted by Crippen LogP contribution is -2.41. The first-order chi connectivity index (χ1) is 11.0. The van der Waals surface area contributed by atoms with Gasteiger partial charge in [-0.3, -0.25) is 4.79 Å². The second-order valence-electron chi connectivity index (χ2n) is 6.02. The number of nitrogens with zero attached hydrogens (tertiary/aromatic N) is 3. The van der Waals surface area contributed by atoms with E-state index < -0.39 is 9.84 Å². The predicted molar refractivity (Wildman–Crippen MR) is 89.9 cm³/mol. The highest BCUT2D eigenvalue weighted by Crippen LogP contribution is 2.26. The molecule has 23 heavy (non-hydrogen) atoms. The van der Waals surface area contributed by atoms with Crippen LogP contribution in [-0.4, -0.2) is 61.9 Å². The summed E-state index contributed by atoms with van der Waals surface area (Å²) in [6.07, 6.45) is 4.78. The van der Waals surface area contributed by atoms with Gasteiger partial charge < -0.3 is 9.80 Å². The van der Waals surface area contributed by atoms with Crippen LogP contribution >= 0.6 is 11.6 Å². The minimum atomic E-state index is -2.95. The Kier molecular flexibility index (Phi) is 4.77. The van der Waals surface area contributed by atoms with Crippen LogP contribution in [0.25, 0.3) is 0 Å². The molecule has 1 aromatic rings. The molecule has 126 valence electrons. The summed E-state index contributed by atoms with van der Waals surface area (Å²) in [4.78, 5) is 20.5. The highest BCUT2D eigenvalue weighted by Gasteiger charge is 2.25. The third kappa shape index (κ3) is 3.77. The van der Waals surface area contributed by atoms with Crippen molar-refractivity contribution in [2.24, 2.45) is 0 Å². The van der Waals surface area contributed by atoms with Crippen LogP contribution in [0.4, 0.5) is 5.82 Å². The SMILES string of the molecule is O=C(c1cnc(N2CCS(=O)(=O)CC2)c(Cl)c1)N1CCCCC1. The first kappa shape index (κ1) is 16.5. The van der Waals surface area contributed by atoms with E-state index >= 15 is 0 Å². The molecule has 0 aromatic carbocycles. The molecule has 3 heterocycles. The minimum absolute atomic E-state index is 0.0353. The molecule has 2 aliphatic rings. The second kappa shape index (κ2) is 6.65. The highest BCUT2D eigenvalue weighted by atomic mass is 35.5. The molecule has 2 fully saturated rings. The van der Waals surface area contributed by atoms with Crippen LogP contribution < -0.4 is 4.90 Å². The number of amides is 1. The third-order valence-electron chi connectivity index (χ3n) is 4.36. The van der Waals surface area contributed by atoms with Crippen molar-refractivity contribution in [3.05, 3.63) is 22.8 Å². The fourth-order valence-electron chi connectivity index (χ4n) is 2.98. The fourth-order valence-corrected chi connectivity index (χ4v) is 4.47. The number of pyridine rings is 1. The van der Waals surface area contributed by atoms with E-state index in [1.165, 1.54) is 6.42 Å². The number of hydrogen-bond donors (Lipinski definition) is 0. The van der Waals surface area contributed by atoms with Gasteiger partial charge in [0.1, 0.15) is 5.82 Å². The number of rotatable bonds is 2. The number of anilines is 1. The average Bonchev–Trinajstić information content (AvgIpc) is 2.55. The van der Waals surface area contributed by atoms with Crippen molar-refractivity contribution >= 4 is 33.2 Å². The van der Waals surface area contributed by atoms with Crippen LogP contribution in [-0.2, 0) is 9.84 Å². The van der Waals surface area contributed by atoms with Gasteiger partial charge in [0.15, 0.2) is 9.84 Å². The first-order valence-corrected chi connectivity index (χ1v) is 10.1. The zero-order valence-corrected chi connectivity index (χ0v) is 14.4. The molecule has 0 radical (unpaired) electrons. The van der Waals surface area contributed by atoms with Gasteiger partial charge >= 0.3 is 0 Å². The van der Waals surface area contributed by atoms with Gasteiger partial charge in [0, 0.05) is 32.4 Å². The van der Waals surface area contributed by atoms with E-state index in [1.54, 1.807) is 12.3 Å². The van der Waals surface area contributed by atoms with Crippen molar-refractivity contribution in [2.45, 2.75) is 19.3 Å². The zero-order valence-electron chi connectivity index (χ0n) is 12.9. The Hall–Kier alpha value is -1.34. The van der Waals surface area contributed by atoms with E-state index in [0.717, 1.165) is 25.9 Å². The van der Waals surface area contributed by atoms with Gasteiger partial charge in [-0.25, -0.2) is 13.4 Å². The lowest BCUT2D eigenvalue weighted by atomic mass is 10.1. The number of carbonyl (C=O) groups excluding carboxylic acids is 1. The molecule has 8 heteroatoms. The summed E-state index contributed by atoms with van der Waals surface area (Å²) < 4.78 is 23.0. The Morgan fingerprint density at radius 3 is 2.35 bits per heavy atom. The summed E-state index contributed by atoms with van der Waals surface area (Å²) in [5.74, 6) is 0.738. The molecule has 2 aliphatic heterocycles. The molecule has 0 saturated carbocycles. The molecule has 0 bridgehead atoms. The van der Waals surface area contributed by atoms with E-state index in [2.05, 4.69) is 4.98 Å². The van der Waals surface area contributed by atoms with Gasteiger partial charge in [-0.05, 0) is 25.3 Å². The van der Waals surface area contributed by atoms with E-state index in [1.807, 2.05) is 9.80 Å². The van der Waals surface area contributed by atoms with Crippen LogP contribution in [0.3, 0.4) is 0 Å². The summed E-state index contributed by atoms with van der Waals surface area (Å²) in [6.45, 7) is 2.33. The summed E-state index contributed by atoms with van der Waals surface area (Å²) >= 11 is 6.29. The molecule has 0 aliphatic carbocycles. The molecule has 1 amide bonds. The summed E-state index contributed by atoms with van der Waals surface area (Å²) in [6, 6.07) is 1.64. The van der Waals surface area contributed by atoms with E-state index in [4.69, 9.17) is 11.6 Å². The zero-order chi connectivity index (χ0) is 16.4. The van der Waals surface area contributed by atoms with Crippen molar-refractivity contribution in [2.75, 3.05) is 42.6 Å². The Labute approximate surface area is 141 Å². The number of halogens is 1. The summed E-state index contributed by atoms with van der Waals surface area (Å²) in [5, 5.41) is 0.396. The normalized spacial score (nSPS) is 21.3. The molecular weight excluding hydrogens is 338 g/mol. The van der Waals surface area contributed by atoms with Crippen molar-refractivity contribution < 1.29 is 13.2 Å². The Balaban J connectivity index is 1.74. The number of sulfone groups is 1. The monoisotopic (exact) mass is 357 g/mol. The molecule has 2 saturated heterocycles. The quantitative estimate of drug-likeness (QED) is 0.804. The number of likely N-dealkylation sites (tertiary alicyclic amines) is 1. The standard InChI is InChI=1S/C15H20ClN3O3S/c16-13-10-12(15(20)19-4-2-1-3-5-19)11-17-14(13)18-6-8-23(21,22)9-7-18/h10-11H,1-9H2. The van der Waals surface area contributed by atoms with Crippen LogP contribution in [0.2, 0.25) is 5.02 Å². The average molecular weight is 358 g/mol. The van der Waals surface area contributed by atoms with Gasteiger partial charge in [0.25, 0.3) is 5.91 Å². The van der Waals surface area contributed by atoms with Crippen LogP contribution in [0.5, 0.6) is 0 Å². The molecule has 0 spiro atoms.